The number of carbonyl (C=O) groups excluding carboxylic acids is 1. The SMILES string of the molecule is CCOC(=O)Cc1csc(NN=Cc2c(OCC)cc(F)c(F)c2F)n1. The van der Waals surface area contributed by atoms with Gasteiger partial charge in [0.05, 0.1) is 37.1 Å². The summed E-state index contributed by atoms with van der Waals surface area (Å²) in [5, 5.41) is 5.73. The van der Waals surface area contributed by atoms with Crippen LogP contribution in [0.15, 0.2) is 16.5 Å². The zero-order chi connectivity index (χ0) is 19.1. The molecule has 0 radical (unpaired) electrons. The van der Waals surface area contributed by atoms with Gasteiger partial charge in [-0.2, -0.15) is 5.10 Å². The third-order valence-electron chi connectivity index (χ3n) is 3.00. The second-order valence-electron chi connectivity index (χ2n) is 4.83. The van der Waals surface area contributed by atoms with Crippen molar-refractivity contribution in [2.24, 2.45) is 5.10 Å². The Balaban J connectivity index is 2.10. The van der Waals surface area contributed by atoms with Crippen molar-refractivity contribution >= 4 is 28.7 Å². The Labute approximate surface area is 151 Å². The summed E-state index contributed by atoms with van der Waals surface area (Å²) >= 11 is 1.17. The number of nitrogens with one attached hydrogen (secondary N) is 1. The Morgan fingerprint density at radius 2 is 2.08 bits per heavy atom. The molecule has 1 aromatic carbocycles. The van der Waals surface area contributed by atoms with Crippen LogP contribution in [0.4, 0.5) is 18.3 Å². The van der Waals surface area contributed by atoms with Crippen molar-refractivity contribution in [3.63, 3.8) is 0 Å². The van der Waals surface area contributed by atoms with E-state index >= 15 is 0 Å². The molecule has 1 aromatic heterocycles. The molecule has 0 saturated heterocycles. The summed E-state index contributed by atoms with van der Waals surface area (Å²) in [6, 6.07) is 0.754. The van der Waals surface area contributed by atoms with Crippen LogP contribution in [0.25, 0.3) is 0 Å². The second kappa shape index (κ2) is 9.18. The second-order valence-corrected chi connectivity index (χ2v) is 5.69. The van der Waals surface area contributed by atoms with Crippen LogP contribution in [0.1, 0.15) is 25.1 Å². The molecular weight excluding hydrogens is 371 g/mol. The van der Waals surface area contributed by atoms with Gasteiger partial charge < -0.3 is 9.47 Å². The summed E-state index contributed by atoms with van der Waals surface area (Å²) in [5.74, 6) is -4.93. The van der Waals surface area contributed by atoms with Crippen molar-refractivity contribution in [1.29, 1.82) is 0 Å². The molecule has 6 nitrogen and oxygen atoms in total. The first-order chi connectivity index (χ1) is 12.5. The summed E-state index contributed by atoms with van der Waals surface area (Å²) in [6.45, 7) is 3.75. The molecule has 2 rings (SSSR count). The van der Waals surface area contributed by atoms with Gasteiger partial charge in [-0.1, -0.05) is 0 Å². The highest BCUT2D eigenvalue weighted by Gasteiger charge is 2.18. The van der Waals surface area contributed by atoms with Crippen LogP contribution < -0.4 is 10.2 Å². The lowest BCUT2D eigenvalue weighted by molar-refractivity contribution is -0.142. The number of carbonyl (C=O) groups is 1. The Bertz CT molecular complexity index is 812. The number of aromatic nitrogens is 1. The van der Waals surface area contributed by atoms with E-state index in [1.165, 1.54) is 11.3 Å². The van der Waals surface area contributed by atoms with Crippen LogP contribution in [0, 0.1) is 17.5 Å². The zero-order valence-electron chi connectivity index (χ0n) is 14.0. The Kier molecular flexibility index (Phi) is 6.96. The van der Waals surface area contributed by atoms with Gasteiger partial charge in [-0.25, -0.2) is 18.2 Å². The Morgan fingerprint density at radius 1 is 1.31 bits per heavy atom. The van der Waals surface area contributed by atoms with Crippen molar-refractivity contribution in [2.45, 2.75) is 20.3 Å². The van der Waals surface area contributed by atoms with Crippen molar-refractivity contribution in [3.8, 4) is 5.75 Å². The van der Waals surface area contributed by atoms with Crippen molar-refractivity contribution in [3.05, 3.63) is 40.2 Å². The molecule has 0 fully saturated rings. The first-order valence-electron chi connectivity index (χ1n) is 7.65. The highest BCUT2D eigenvalue weighted by atomic mass is 32.1. The molecule has 0 aliphatic rings. The first kappa shape index (κ1) is 19.7. The van der Waals surface area contributed by atoms with Gasteiger partial charge in [0.15, 0.2) is 17.5 Å². The fourth-order valence-electron chi connectivity index (χ4n) is 1.93. The van der Waals surface area contributed by atoms with E-state index in [0.29, 0.717) is 10.8 Å². The normalized spacial score (nSPS) is 11.0. The molecule has 0 unspecified atom stereocenters. The molecule has 0 amide bonds. The monoisotopic (exact) mass is 387 g/mol. The van der Waals surface area contributed by atoms with E-state index in [4.69, 9.17) is 9.47 Å². The molecule has 0 aliphatic carbocycles. The van der Waals surface area contributed by atoms with E-state index in [2.05, 4.69) is 15.5 Å². The molecule has 1 N–H and O–H groups in total. The third kappa shape index (κ3) is 4.94. The van der Waals surface area contributed by atoms with Gasteiger partial charge in [0.1, 0.15) is 5.75 Å². The summed E-state index contributed by atoms with van der Waals surface area (Å²) < 4.78 is 50.5. The molecule has 1 heterocycles. The molecular formula is C16H16F3N3O3S. The maximum absolute atomic E-state index is 13.9. The minimum atomic E-state index is -1.61. The average molecular weight is 387 g/mol. The lowest BCUT2D eigenvalue weighted by Gasteiger charge is -2.09. The average Bonchev–Trinajstić information content (AvgIpc) is 3.03. The standard InChI is InChI=1S/C16H16F3N3O3S/c1-3-24-12-6-11(17)15(19)14(18)10(12)7-20-22-16-21-9(8-26-16)5-13(23)25-4-2/h6-8H,3-5H2,1-2H3,(H,21,22). The van der Waals surface area contributed by atoms with E-state index in [9.17, 15) is 18.0 Å². The molecule has 0 bridgehead atoms. The molecule has 2 aromatic rings. The largest absolute Gasteiger partial charge is 0.493 e. The number of nitrogens with zero attached hydrogens (tertiary/aromatic N) is 2. The molecule has 0 saturated carbocycles. The molecule has 26 heavy (non-hydrogen) atoms. The lowest BCUT2D eigenvalue weighted by Crippen LogP contribution is -2.07. The van der Waals surface area contributed by atoms with Gasteiger partial charge >= 0.3 is 5.97 Å². The van der Waals surface area contributed by atoms with E-state index < -0.39 is 23.4 Å². The number of rotatable bonds is 8. The Morgan fingerprint density at radius 3 is 2.77 bits per heavy atom. The van der Waals surface area contributed by atoms with Crippen LogP contribution >= 0.6 is 11.3 Å². The fraction of sp³-hybridized carbons (Fsp3) is 0.312. The van der Waals surface area contributed by atoms with Crippen molar-refractivity contribution in [1.82, 2.24) is 4.98 Å². The fourth-order valence-corrected chi connectivity index (χ4v) is 2.59. The predicted molar refractivity (Wildman–Crippen MR) is 91.2 cm³/mol. The number of benzene rings is 1. The number of ether oxygens (including phenoxy) is 2. The number of halogens is 3. The van der Waals surface area contributed by atoms with Gasteiger partial charge in [0.2, 0.25) is 5.13 Å². The van der Waals surface area contributed by atoms with Crippen LogP contribution in [0.3, 0.4) is 0 Å². The van der Waals surface area contributed by atoms with Gasteiger partial charge in [-0.15, -0.1) is 11.3 Å². The number of thiazole rings is 1. The van der Waals surface area contributed by atoms with E-state index in [0.717, 1.165) is 12.3 Å². The topological polar surface area (TPSA) is 72.8 Å². The quantitative estimate of drug-likeness (QED) is 0.325. The molecule has 0 atom stereocenters. The Hall–Kier alpha value is -2.62. The number of anilines is 1. The molecule has 0 spiro atoms. The van der Waals surface area contributed by atoms with Crippen LogP contribution in [-0.4, -0.2) is 30.4 Å². The highest BCUT2D eigenvalue weighted by molar-refractivity contribution is 7.13. The van der Waals surface area contributed by atoms with Gasteiger partial charge in [-0.3, -0.25) is 10.2 Å². The highest BCUT2D eigenvalue weighted by Crippen LogP contribution is 2.25. The summed E-state index contributed by atoms with van der Waals surface area (Å²) in [4.78, 5) is 15.5. The minimum absolute atomic E-state index is 0.0159. The molecule has 10 heteroatoms. The number of hydrogen-bond acceptors (Lipinski definition) is 7. The smallest absolute Gasteiger partial charge is 0.311 e. The van der Waals surface area contributed by atoms with Crippen LogP contribution in [0.2, 0.25) is 0 Å². The van der Waals surface area contributed by atoms with Crippen molar-refractivity contribution < 1.29 is 27.4 Å². The van der Waals surface area contributed by atoms with E-state index in [-0.39, 0.29) is 30.9 Å². The van der Waals surface area contributed by atoms with E-state index in [1.54, 1.807) is 19.2 Å². The van der Waals surface area contributed by atoms with Gasteiger partial charge in [0, 0.05) is 11.4 Å². The molecule has 140 valence electrons. The zero-order valence-corrected chi connectivity index (χ0v) is 14.8. The third-order valence-corrected chi connectivity index (χ3v) is 3.79. The maximum Gasteiger partial charge on any atom is 0.311 e. The predicted octanol–water partition coefficient (Wildman–Crippen LogP) is 3.51. The summed E-state index contributed by atoms with van der Waals surface area (Å²) in [6.07, 6.45) is 0.983. The number of hydrogen-bond donors (Lipinski definition) is 1. The van der Waals surface area contributed by atoms with E-state index in [1.807, 2.05) is 0 Å². The van der Waals surface area contributed by atoms with Gasteiger partial charge in [-0.05, 0) is 13.8 Å². The number of hydrazone groups is 1. The molecule has 0 aliphatic heterocycles. The van der Waals surface area contributed by atoms with Crippen LogP contribution in [-0.2, 0) is 16.0 Å². The summed E-state index contributed by atoms with van der Waals surface area (Å²) in [5.41, 5.74) is 2.69. The lowest BCUT2D eigenvalue weighted by atomic mass is 10.2. The van der Waals surface area contributed by atoms with Crippen molar-refractivity contribution in [2.75, 3.05) is 18.6 Å². The number of esters is 1. The summed E-state index contributed by atoms with van der Waals surface area (Å²) in [7, 11) is 0. The first-order valence-corrected chi connectivity index (χ1v) is 8.53. The minimum Gasteiger partial charge on any atom is -0.493 e. The van der Waals surface area contributed by atoms with Crippen LogP contribution in [0.5, 0.6) is 5.75 Å². The van der Waals surface area contributed by atoms with Gasteiger partial charge in [0.25, 0.3) is 0 Å². The maximum atomic E-state index is 13.9.